The predicted molar refractivity (Wildman–Crippen MR) is 370 cm³/mol. The molecular formula is C83H63N4OPtSi-. The van der Waals surface area contributed by atoms with Gasteiger partial charge in [-0.3, -0.25) is 0 Å². The Bertz CT molecular complexity index is 6730. The van der Waals surface area contributed by atoms with Gasteiger partial charge in [-0.25, -0.2) is 9.55 Å². The molecule has 3 aromatic heterocycles. The summed E-state index contributed by atoms with van der Waals surface area (Å²) in [5.41, 5.74) is 0.487. The molecule has 0 saturated carbocycles. The third-order valence-electron chi connectivity index (χ3n) is 15.4. The summed E-state index contributed by atoms with van der Waals surface area (Å²) in [6.45, 7) is 3.23. The number of nitrogens with zero attached hydrogens (tertiary/aromatic N) is 4. The molecule has 0 aliphatic heterocycles. The average Bonchev–Trinajstić information content (AvgIpc) is 0.708. The Morgan fingerprint density at radius 1 is 0.500 bits per heavy atom. The van der Waals surface area contributed by atoms with Crippen molar-refractivity contribution in [3.05, 3.63) is 332 Å². The van der Waals surface area contributed by atoms with Gasteiger partial charge in [0.05, 0.1) is 39.8 Å². The van der Waals surface area contributed by atoms with Crippen molar-refractivity contribution in [1.29, 1.82) is 0 Å². The summed E-state index contributed by atoms with van der Waals surface area (Å²) < 4.78 is 308. The molecule has 0 spiro atoms. The zero-order valence-electron chi connectivity index (χ0n) is 79.7. The van der Waals surface area contributed by atoms with Gasteiger partial charge < -0.3 is 9.30 Å². The Morgan fingerprint density at radius 3 is 1.73 bits per heavy atom. The number of imidazole rings is 1. The summed E-state index contributed by atoms with van der Waals surface area (Å²) in [7, 11) is -6.46. The number of benzene rings is 12. The molecule has 15 rings (SSSR count). The maximum Gasteiger partial charge on any atom is 0.253 e. The SMILES string of the molecule is [2H]c1c([2H])c([2H])c(-c2cnc(-n3c4[c-]c(Oc5[c-]c(-n6c[n+](-c7c(-c8c([2H])c([2H])c([2H])c([2H])c8[2H])cccc7-c7c([2H])c([2H])c([2H])c([Si](c8c([2H])c([2H])c([2H])c([2H])c8[2H])(c8c([2H])c([2H])c([2H])c([2H])c8[2H])c8c([2H])c([2H])c([2H])c([2H])c8[2H])c7[2H])c7ccc(-c8ccc(C(C)(C)C)cc8)cc76)ccc5)ccc4c4ccccc43)cc2C([2H])([2H])[2H])c([2H])c1[2H].[Pt]. The Labute approximate surface area is 586 Å². The van der Waals surface area contributed by atoms with E-state index in [9.17, 15) is 24.7 Å². The van der Waals surface area contributed by atoms with Crippen LogP contribution in [-0.2, 0) is 26.5 Å². The maximum atomic E-state index is 11.0. The van der Waals surface area contributed by atoms with Crippen LogP contribution < -0.4 is 30.1 Å². The smallest absolute Gasteiger partial charge is 0.253 e. The molecule has 0 N–H and O–H groups in total. The number of ether oxygens (including phenoxy) is 1. The first-order valence-electron chi connectivity index (χ1n) is 43.9. The predicted octanol–water partition coefficient (Wildman–Crippen LogP) is 17.4. The molecule has 90 heavy (non-hydrogen) atoms. The quantitative estimate of drug-likeness (QED) is 0.0499. The zero-order valence-corrected chi connectivity index (χ0v) is 51.0. The fraction of sp³-hybridized carbons (Fsp3) is 0.0602. The molecule has 0 radical (unpaired) electrons. The van der Waals surface area contributed by atoms with Crippen molar-refractivity contribution in [3.63, 3.8) is 0 Å². The number of pyridine rings is 1. The molecule has 436 valence electrons. The van der Waals surface area contributed by atoms with Gasteiger partial charge >= 0.3 is 0 Å². The molecule has 3 heterocycles. The van der Waals surface area contributed by atoms with Crippen LogP contribution in [0.3, 0.4) is 0 Å². The minimum absolute atomic E-state index is 0. The number of hydrogen-bond acceptors (Lipinski definition) is 2. The van der Waals surface area contributed by atoms with Crippen LogP contribution in [0, 0.1) is 19.0 Å². The van der Waals surface area contributed by atoms with Gasteiger partial charge in [0.25, 0.3) is 6.33 Å². The summed E-state index contributed by atoms with van der Waals surface area (Å²) >= 11 is 0. The van der Waals surface area contributed by atoms with E-state index in [1.807, 2.05) is 30.3 Å². The van der Waals surface area contributed by atoms with E-state index in [4.69, 9.17) is 28.9 Å². The van der Waals surface area contributed by atoms with Crippen LogP contribution in [0.15, 0.2) is 309 Å². The minimum atomic E-state index is -6.46. The van der Waals surface area contributed by atoms with Gasteiger partial charge in [-0.05, 0) is 108 Å². The molecule has 7 heteroatoms. The van der Waals surface area contributed by atoms with Crippen LogP contribution in [0.2, 0.25) is 0 Å². The first-order chi connectivity index (χ1) is 56.9. The van der Waals surface area contributed by atoms with Crippen molar-refractivity contribution in [3.8, 4) is 73.2 Å². The van der Waals surface area contributed by atoms with Crippen molar-refractivity contribution in [2.45, 2.75) is 33.0 Å². The van der Waals surface area contributed by atoms with Crippen LogP contribution in [0.25, 0.3) is 94.5 Å². The second-order valence-electron chi connectivity index (χ2n) is 21.6. The number of hydrogen-bond donors (Lipinski definition) is 0. The van der Waals surface area contributed by atoms with E-state index in [0.29, 0.717) is 38.4 Å². The molecule has 5 nitrogen and oxygen atoms in total. The fourth-order valence-corrected chi connectivity index (χ4v) is 14.8. The van der Waals surface area contributed by atoms with E-state index >= 15 is 0 Å². The van der Waals surface area contributed by atoms with Crippen molar-refractivity contribution in [1.82, 2.24) is 14.1 Å². The third kappa shape index (κ3) is 10.4. The summed E-state index contributed by atoms with van der Waals surface area (Å²) in [5, 5.41) is -3.09. The van der Waals surface area contributed by atoms with Gasteiger partial charge in [0.15, 0.2) is 19.1 Å². The molecule has 0 saturated heterocycles. The van der Waals surface area contributed by atoms with Crippen LogP contribution >= 0.6 is 0 Å². The van der Waals surface area contributed by atoms with Crippen molar-refractivity contribution >= 4 is 61.7 Å². The summed E-state index contributed by atoms with van der Waals surface area (Å²) in [6.07, 6.45) is 2.64. The molecular weight excluding hydrogens is 1290 g/mol. The summed E-state index contributed by atoms with van der Waals surface area (Å²) in [6, 6.07) is 10.7. The number of rotatable bonds is 13. The van der Waals surface area contributed by atoms with Crippen molar-refractivity contribution < 1.29 is 74.2 Å². The number of aromatic nitrogens is 4. The third-order valence-corrected chi connectivity index (χ3v) is 19.4. The van der Waals surface area contributed by atoms with Crippen LogP contribution in [-0.4, -0.2) is 22.2 Å². The van der Waals surface area contributed by atoms with E-state index in [-0.39, 0.29) is 88.5 Å². The van der Waals surface area contributed by atoms with E-state index in [2.05, 4.69) is 32.9 Å². The van der Waals surface area contributed by atoms with Gasteiger partial charge in [-0.15, -0.1) is 29.7 Å². The van der Waals surface area contributed by atoms with E-state index in [1.165, 1.54) is 35.2 Å². The monoisotopic (exact) mass is 1390 g/mol. The second kappa shape index (κ2) is 24.0. The first kappa shape index (κ1) is 31.8. The molecule has 0 amide bonds. The van der Waals surface area contributed by atoms with Crippen molar-refractivity contribution in [2.75, 3.05) is 0 Å². The second-order valence-corrected chi connectivity index (χ2v) is 25.1. The molecule has 15 aromatic rings. The zero-order chi connectivity index (χ0) is 87.8. The van der Waals surface area contributed by atoms with Crippen molar-refractivity contribution in [2.24, 2.45) is 0 Å². The molecule has 0 aliphatic carbocycles. The minimum Gasteiger partial charge on any atom is -0.509 e. The molecule has 0 aliphatic rings. The standard InChI is InChI=1S/C83H63N4OSi.Pt/c1-58-51-81(84-56-76(58)61-27-12-6-13-28-61)87-77-42-21-20-39-74(77)75-49-48-67(55-79(75)87)88-66-31-23-30-65(54-66)85-57-86(78-50-45-62(53-80(78)85)59-43-46-64(47-44-59)83(2,3)4)82-72(60-25-10-5-11-26-60)40-24-41-73(82)63-29-22-38-71(52-63)89(68-32-14-7-15-33-68,69-34-16-8-17-35-69)70-36-18-9-19-37-70;/h5-53,56-57H,1-4H3;/q-1;/i1D3,5D,6D,7D,8D,9D,10D,11D,12D,13D,14D,15D,16D,17D,18D,19D,22D,25D,26D,27D,28D,29D,32D,33D,34D,35D,36D,37D,38D,52D;. The molecule has 0 bridgehead atoms. The summed E-state index contributed by atoms with van der Waals surface area (Å²) in [4.78, 5) is 4.69. The normalized spacial score (nSPS) is 16.8. The molecule has 0 unspecified atom stereocenters. The molecule has 12 aromatic carbocycles. The summed E-state index contributed by atoms with van der Waals surface area (Å²) in [5.74, 6) is 0.155. The Kier molecular flexibility index (Phi) is 8.49. The van der Waals surface area contributed by atoms with Gasteiger partial charge in [0.2, 0.25) is 0 Å². The van der Waals surface area contributed by atoms with Gasteiger partial charge in [0, 0.05) is 70.8 Å². The molecule has 0 atom stereocenters. The Morgan fingerprint density at radius 2 is 1.08 bits per heavy atom. The fourth-order valence-electron chi connectivity index (χ4n) is 11.3. The van der Waals surface area contributed by atoms with E-state index in [0.717, 1.165) is 11.8 Å². The first-order valence-corrected chi connectivity index (χ1v) is 29.9. The van der Waals surface area contributed by atoms with Gasteiger partial charge in [-0.1, -0.05) is 268 Å². The largest absolute Gasteiger partial charge is 0.509 e. The van der Waals surface area contributed by atoms with Gasteiger partial charge in [0.1, 0.15) is 11.5 Å². The van der Waals surface area contributed by atoms with Crippen LogP contribution in [0.4, 0.5) is 0 Å². The van der Waals surface area contributed by atoms with E-state index in [1.54, 1.807) is 75.9 Å². The number of para-hydroxylation sites is 2. The Balaban J connectivity index is 0.0000121. The number of aryl methyl sites for hydroxylation is 1. The van der Waals surface area contributed by atoms with Gasteiger partial charge in [-0.2, -0.15) is 16.7 Å². The maximum absolute atomic E-state index is 11.0. The average molecular weight is 1390 g/mol. The Hall–Kier alpha value is -10.2. The molecule has 0 fully saturated rings. The van der Waals surface area contributed by atoms with Crippen LogP contribution in [0.1, 0.15) is 75.8 Å². The number of fused-ring (bicyclic) bond motifs is 4. The van der Waals surface area contributed by atoms with E-state index < -0.39 is 222 Å². The van der Waals surface area contributed by atoms with Crippen LogP contribution in [0.5, 0.6) is 11.5 Å². The topological polar surface area (TPSA) is 35.9 Å².